The first-order valence-corrected chi connectivity index (χ1v) is 16.0. The molecule has 0 spiro atoms. The van der Waals surface area contributed by atoms with Crippen molar-refractivity contribution < 1.29 is 4.42 Å². The first-order chi connectivity index (χ1) is 23.3. The Morgan fingerprint density at radius 1 is 0.426 bits per heavy atom. The van der Waals surface area contributed by atoms with E-state index in [1.807, 2.05) is 12.1 Å². The second kappa shape index (κ2) is 10.1. The molecule has 10 rings (SSSR count). The van der Waals surface area contributed by atoms with Crippen molar-refractivity contribution in [3.05, 3.63) is 170 Å². The molecule has 0 saturated carbocycles. The lowest BCUT2D eigenvalue weighted by Gasteiger charge is -2.34. The second-order valence-corrected chi connectivity index (χ2v) is 12.2. The number of furan rings is 1. The molecule has 0 atom stereocenters. The third-order valence-corrected chi connectivity index (χ3v) is 9.54. The van der Waals surface area contributed by atoms with Crippen LogP contribution in [0.1, 0.15) is 0 Å². The molecule has 1 aliphatic heterocycles. The van der Waals surface area contributed by atoms with Gasteiger partial charge in [-0.1, -0.05) is 97.1 Å². The number of hydrogen-bond acceptors (Lipinski definition) is 3. The smallest absolute Gasteiger partial charge is 0.135 e. The fourth-order valence-electron chi connectivity index (χ4n) is 7.48. The van der Waals surface area contributed by atoms with Gasteiger partial charge in [0.15, 0.2) is 0 Å². The quantitative estimate of drug-likeness (QED) is 0.200. The van der Waals surface area contributed by atoms with Crippen molar-refractivity contribution in [3.8, 4) is 11.1 Å². The molecule has 8 aromatic carbocycles. The van der Waals surface area contributed by atoms with Gasteiger partial charge < -0.3 is 14.2 Å². The number of benzene rings is 8. The van der Waals surface area contributed by atoms with Gasteiger partial charge in [-0.15, -0.1) is 0 Å². The van der Waals surface area contributed by atoms with Crippen LogP contribution >= 0.6 is 0 Å². The average molecular weight is 601 g/mol. The lowest BCUT2D eigenvalue weighted by Crippen LogP contribution is -2.15. The van der Waals surface area contributed by atoms with Crippen LogP contribution in [-0.4, -0.2) is 0 Å². The molecule has 2 heterocycles. The maximum absolute atomic E-state index is 6.16. The summed E-state index contributed by atoms with van der Waals surface area (Å²) in [4.78, 5) is 4.75. The van der Waals surface area contributed by atoms with Crippen molar-refractivity contribution in [1.82, 2.24) is 0 Å². The fraction of sp³-hybridized carbons (Fsp3) is 0. The highest BCUT2D eigenvalue weighted by Gasteiger charge is 2.27. The Morgan fingerprint density at radius 3 is 1.98 bits per heavy atom. The molecule has 0 aliphatic carbocycles. The van der Waals surface area contributed by atoms with E-state index in [-0.39, 0.29) is 0 Å². The van der Waals surface area contributed by atoms with Crippen LogP contribution in [-0.2, 0) is 0 Å². The van der Waals surface area contributed by atoms with Gasteiger partial charge in [0.2, 0.25) is 0 Å². The highest BCUT2D eigenvalue weighted by Crippen LogP contribution is 2.53. The molecule has 0 N–H and O–H groups in total. The Hall–Kier alpha value is -6.32. The van der Waals surface area contributed by atoms with Gasteiger partial charge in [-0.05, 0) is 94.5 Å². The Labute approximate surface area is 272 Å². The van der Waals surface area contributed by atoms with Crippen LogP contribution in [0.3, 0.4) is 0 Å². The SMILES string of the molecule is c1ccc(N(c2ccc(N3c4ccc5ccccc5c4-c4cccc5cccc3c45)cc2)c2ccc3oc4ccccc4c3c2)cc1. The van der Waals surface area contributed by atoms with E-state index in [4.69, 9.17) is 4.42 Å². The summed E-state index contributed by atoms with van der Waals surface area (Å²) in [7, 11) is 0. The van der Waals surface area contributed by atoms with Gasteiger partial charge in [0.05, 0.1) is 11.4 Å². The minimum absolute atomic E-state index is 0.893. The van der Waals surface area contributed by atoms with Crippen LogP contribution in [0.4, 0.5) is 34.1 Å². The molecule has 0 fully saturated rings. The number of fused-ring (bicyclic) bond motifs is 7. The van der Waals surface area contributed by atoms with Gasteiger partial charge in [0.1, 0.15) is 11.2 Å². The second-order valence-electron chi connectivity index (χ2n) is 12.2. The van der Waals surface area contributed by atoms with Crippen molar-refractivity contribution in [2.45, 2.75) is 0 Å². The third-order valence-electron chi connectivity index (χ3n) is 9.54. The zero-order chi connectivity index (χ0) is 30.9. The minimum atomic E-state index is 0.893. The number of anilines is 6. The first kappa shape index (κ1) is 26.0. The van der Waals surface area contributed by atoms with Crippen LogP contribution in [0.2, 0.25) is 0 Å². The predicted molar refractivity (Wildman–Crippen MR) is 197 cm³/mol. The molecule has 9 aromatic rings. The number of rotatable bonds is 4. The van der Waals surface area contributed by atoms with Crippen LogP contribution in [0.15, 0.2) is 174 Å². The Morgan fingerprint density at radius 2 is 1.11 bits per heavy atom. The van der Waals surface area contributed by atoms with E-state index < -0.39 is 0 Å². The Balaban J connectivity index is 1.15. The summed E-state index contributed by atoms with van der Waals surface area (Å²) in [6, 6.07) is 60.8. The summed E-state index contributed by atoms with van der Waals surface area (Å²) in [5, 5.41) is 7.29. The van der Waals surface area contributed by atoms with Crippen LogP contribution in [0.25, 0.3) is 54.6 Å². The maximum Gasteiger partial charge on any atom is 0.135 e. The number of para-hydroxylation sites is 2. The van der Waals surface area contributed by atoms with Gasteiger partial charge in [-0.2, -0.15) is 0 Å². The Kier molecular flexibility index (Phi) is 5.57. The van der Waals surface area contributed by atoms with E-state index >= 15 is 0 Å². The largest absolute Gasteiger partial charge is 0.456 e. The first-order valence-electron chi connectivity index (χ1n) is 16.0. The molecule has 1 aromatic heterocycles. The molecule has 0 unspecified atom stereocenters. The molecule has 3 nitrogen and oxygen atoms in total. The molecule has 220 valence electrons. The van der Waals surface area contributed by atoms with Crippen molar-refractivity contribution >= 4 is 77.6 Å². The summed E-state index contributed by atoms with van der Waals surface area (Å²) in [6.45, 7) is 0. The zero-order valence-electron chi connectivity index (χ0n) is 25.5. The average Bonchev–Trinajstić information content (AvgIpc) is 3.51. The topological polar surface area (TPSA) is 19.6 Å². The van der Waals surface area contributed by atoms with Crippen LogP contribution in [0, 0.1) is 0 Å². The van der Waals surface area contributed by atoms with Crippen molar-refractivity contribution in [2.24, 2.45) is 0 Å². The van der Waals surface area contributed by atoms with Gasteiger partial charge >= 0.3 is 0 Å². The summed E-state index contributed by atoms with van der Waals surface area (Å²) >= 11 is 0. The molecule has 0 bridgehead atoms. The normalized spacial score (nSPS) is 12.2. The number of nitrogens with zero attached hydrogens (tertiary/aromatic N) is 2. The van der Waals surface area contributed by atoms with E-state index in [1.165, 1.54) is 44.0 Å². The highest BCUT2D eigenvalue weighted by molar-refractivity contribution is 6.19. The van der Waals surface area contributed by atoms with Gasteiger partial charge in [-0.3, -0.25) is 0 Å². The summed E-state index contributed by atoms with van der Waals surface area (Å²) in [6.07, 6.45) is 0. The zero-order valence-corrected chi connectivity index (χ0v) is 25.5. The molecule has 3 heteroatoms. The molecule has 0 amide bonds. The van der Waals surface area contributed by atoms with Crippen molar-refractivity contribution in [3.63, 3.8) is 0 Å². The van der Waals surface area contributed by atoms with Crippen LogP contribution in [0.5, 0.6) is 0 Å². The van der Waals surface area contributed by atoms with E-state index in [9.17, 15) is 0 Å². The molecule has 1 aliphatic rings. The molecular formula is C44H28N2O. The van der Waals surface area contributed by atoms with Crippen molar-refractivity contribution in [1.29, 1.82) is 0 Å². The van der Waals surface area contributed by atoms with Crippen molar-refractivity contribution in [2.75, 3.05) is 9.80 Å². The lowest BCUT2D eigenvalue weighted by molar-refractivity contribution is 0.669. The fourth-order valence-corrected chi connectivity index (χ4v) is 7.48. The third kappa shape index (κ3) is 3.93. The van der Waals surface area contributed by atoms with Gasteiger partial charge in [0.25, 0.3) is 0 Å². The summed E-state index contributed by atoms with van der Waals surface area (Å²) in [5.74, 6) is 0. The lowest BCUT2D eigenvalue weighted by atomic mass is 9.87. The van der Waals surface area contributed by atoms with Gasteiger partial charge in [0, 0.05) is 44.5 Å². The van der Waals surface area contributed by atoms with E-state index in [0.717, 1.165) is 44.7 Å². The standard InChI is InChI=1S/C44H28N2O/c1-2-13-31(14-3-1)45(34-25-27-42-38(28-34)36-16-6-7-19-41(36)47-42)32-21-23-33(24-22-32)46-39-18-9-12-30-11-8-17-37(43(30)39)44-35-15-5-4-10-29(35)20-26-40(44)46/h1-28H. The van der Waals surface area contributed by atoms with E-state index in [0.29, 0.717) is 0 Å². The molecular weight excluding hydrogens is 572 g/mol. The van der Waals surface area contributed by atoms with Crippen LogP contribution < -0.4 is 9.80 Å². The summed E-state index contributed by atoms with van der Waals surface area (Å²) in [5.41, 5.74) is 11.1. The Bertz CT molecular complexity index is 2630. The van der Waals surface area contributed by atoms with E-state index in [1.54, 1.807) is 0 Å². The predicted octanol–water partition coefficient (Wildman–Crippen LogP) is 12.8. The van der Waals surface area contributed by atoms with Gasteiger partial charge in [-0.25, -0.2) is 0 Å². The summed E-state index contributed by atoms with van der Waals surface area (Å²) < 4.78 is 6.16. The van der Waals surface area contributed by atoms with E-state index in [2.05, 4.69) is 168 Å². The minimum Gasteiger partial charge on any atom is -0.456 e. The molecule has 0 saturated heterocycles. The molecule has 47 heavy (non-hydrogen) atoms. The number of hydrogen-bond donors (Lipinski definition) is 0. The molecule has 0 radical (unpaired) electrons. The maximum atomic E-state index is 6.16. The highest BCUT2D eigenvalue weighted by atomic mass is 16.3. The monoisotopic (exact) mass is 600 g/mol.